The molecule has 0 saturated heterocycles. The van der Waals surface area contributed by atoms with Gasteiger partial charge in [0.2, 0.25) is 0 Å². The molecule has 102 valence electrons. The van der Waals surface area contributed by atoms with Crippen molar-refractivity contribution in [1.29, 1.82) is 0 Å². The van der Waals surface area contributed by atoms with Crippen LogP contribution in [0.5, 0.6) is 0 Å². The quantitative estimate of drug-likeness (QED) is 0.773. The van der Waals surface area contributed by atoms with Gasteiger partial charge in [-0.05, 0) is 30.7 Å². The minimum Gasteiger partial charge on any atom is -0.469 e. The van der Waals surface area contributed by atoms with E-state index in [-0.39, 0.29) is 6.04 Å². The van der Waals surface area contributed by atoms with Crippen molar-refractivity contribution >= 4 is 34.8 Å². The molecule has 0 radical (unpaired) electrons. The fraction of sp³-hybridized carbons (Fsp3) is 0.286. The van der Waals surface area contributed by atoms with E-state index < -0.39 is 0 Å². The number of halogens is 3. The number of nitrogens with one attached hydrogen (secondary N) is 1. The van der Waals surface area contributed by atoms with E-state index in [1.165, 1.54) is 0 Å². The second-order valence-corrected chi connectivity index (χ2v) is 5.43. The van der Waals surface area contributed by atoms with Gasteiger partial charge in [-0.2, -0.15) is 0 Å². The zero-order valence-corrected chi connectivity index (χ0v) is 12.7. The van der Waals surface area contributed by atoms with E-state index in [1.807, 2.05) is 25.1 Å². The van der Waals surface area contributed by atoms with E-state index in [0.29, 0.717) is 15.1 Å². The van der Waals surface area contributed by atoms with Crippen LogP contribution in [0.2, 0.25) is 15.1 Å². The molecule has 0 aliphatic heterocycles. The molecule has 1 aromatic carbocycles. The topological polar surface area (TPSA) is 25.2 Å². The normalized spacial score (nSPS) is 12.6. The SMILES string of the molecule is CC(NCCc1ccco1)c1ccc(Cl)c(Cl)c1Cl. The molecule has 2 nitrogen and oxygen atoms in total. The molecule has 0 bridgehead atoms. The maximum absolute atomic E-state index is 6.20. The lowest BCUT2D eigenvalue weighted by atomic mass is 10.1. The molecule has 0 aliphatic rings. The van der Waals surface area contributed by atoms with Crippen molar-refractivity contribution in [3.8, 4) is 0 Å². The van der Waals surface area contributed by atoms with Gasteiger partial charge in [0.05, 0.1) is 21.3 Å². The highest BCUT2D eigenvalue weighted by Gasteiger charge is 2.13. The van der Waals surface area contributed by atoms with Crippen LogP contribution in [0, 0.1) is 0 Å². The Morgan fingerprint density at radius 3 is 2.63 bits per heavy atom. The van der Waals surface area contributed by atoms with Crippen LogP contribution in [-0.2, 0) is 6.42 Å². The molecule has 5 heteroatoms. The van der Waals surface area contributed by atoms with Crippen LogP contribution in [0.3, 0.4) is 0 Å². The third-order valence-electron chi connectivity index (χ3n) is 2.93. The third kappa shape index (κ3) is 3.67. The van der Waals surface area contributed by atoms with Crippen LogP contribution in [0.25, 0.3) is 0 Å². The standard InChI is InChI=1S/C14H14Cl3NO/c1-9(18-7-6-10-3-2-8-19-10)11-4-5-12(15)14(17)13(11)16/h2-5,8-9,18H,6-7H2,1H3. The summed E-state index contributed by atoms with van der Waals surface area (Å²) in [6.45, 7) is 2.83. The molecule has 0 amide bonds. The van der Waals surface area contributed by atoms with Crippen LogP contribution < -0.4 is 5.32 Å². The Kier molecular flexibility index (Phi) is 5.17. The van der Waals surface area contributed by atoms with Crippen LogP contribution in [0.1, 0.15) is 24.3 Å². The van der Waals surface area contributed by atoms with Gasteiger partial charge in [-0.1, -0.05) is 40.9 Å². The van der Waals surface area contributed by atoms with Crippen molar-refractivity contribution in [3.63, 3.8) is 0 Å². The Bertz CT molecular complexity index is 540. The van der Waals surface area contributed by atoms with Crippen LogP contribution >= 0.6 is 34.8 Å². The Morgan fingerprint density at radius 2 is 1.95 bits per heavy atom. The summed E-state index contributed by atoms with van der Waals surface area (Å²) >= 11 is 18.1. The molecule has 1 atom stereocenters. The Morgan fingerprint density at radius 1 is 1.16 bits per heavy atom. The van der Waals surface area contributed by atoms with E-state index in [1.54, 1.807) is 12.3 Å². The summed E-state index contributed by atoms with van der Waals surface area (Å²) in [6.07, 6.45) is 2.50. The van der Waals surface area contributed by atoms with Gasteiger partial charge in [0.15, 0.2) is 0 Å². The average molecular weight is 319 g/mol. The Labute approximate surface area is 127 Å². The van der Waals surface area contributed by atoms with E-state index >= 15 is 0 Å². The maximum Gasteiger partial charge on any atom is 0.105 e. The molecule has 2 aromatic rings. The predicted molar refractivity (Wildman–Crippen MR) is 80.3 cm³/mol. The Hall–Kier alpha value is -0.670. The van der Waals surface area contributed by atoms with Crippen LogP contribution in [0.15, 0.2) is 34.9 Å². The molecule has 19 heavy (non-hydrogen) atoms. The predicted octanol–water partition coefficient (Wildman–Crippen LogP) is 5.13. The molecular formula is C14H14Cl3NO. The van der Waals surface area contributed by atoms with E-state index in [9.17, 15) is 0 Å². The highest BCUT2D eigenvalue weighted by atomic mass is 35.5. The van der Waals surface area contributed by atoms with Crippen molar-refractivity contribution in [2.24, 2.45) is 0 Å². The van der Waals surface area contributed by atoms with Crippen molar-refractivity contribution < 1.29 is 4.42 Å². The summed E-state index contributed by atoms with van der Waals surface area (Å²) in [5.41, 5.74) is 0.940. The summed E-state index contributed by atoms with van der Waals surface area (Å²) in [5.74, 6) is 0.958. The first-order valence-corrected chi connectivity index (χ1v) is 7.12. The molecule has 2 rings (SSSR count). The van der Waals surface area contributed by atoms with Gasteiger partial charge in [0, 0.05) is 19.0 Å². The maximum atomic E-state index is 6.20. The summed E-state index contributed by atoms with van der Waals surface area (Å²) in [7, 11) is 0. The highest BCUT2D eigenvalue weighted by Crippen LogP contribution is 2.35. The number of hydrogen-bond donors (Lipinski definition) is 1. The summed E-state index contributed by atoms with van der Waals surface area (Å²) < 4.78 is 5.27. The third-order valence-corrected chi connectivity index (χ3v) is 4.24. The van der Waals surface area contributed by atoms with Crippen LogP contribution in [-0.4, -0.2) is 6.54 Å². The van der Waals surface area contributed by atoms with Crippen molar-refractivity contribution in [2.45, 2.75) is 19.4 Å². The number of rotatable bonds is 5. The number of furan rings is 1. The first kappa shape index (κ1) is 14.7. The zero-order valence-electron chi connectivity index (χ0n) is 10.4. The summed E-state index contributed by atoms with van der Waals surface area (Å²) in [4.78, 5) is 0. The van der Waals surface area contributed by atoms with Gasteiger partial charge in [-0.15, -0.1) is 0 Å². The van der Waals surface area contributed by atoms with E-state index in [4.69, 9.17) is 39.2 Å². The average Bonchev–Trinajstić information content (AvgIpc) is 2.89. The second kappa shape index (κ2) is 6.67. The lowest BCUT2D eigenvalue weighted by Crippen LogP contribution is -2.21. The van der Waals surface area contributed by atoms with Gasteiger partial charge in [-0.25, -0.2) is 0 Å². The number of benzene rings is 1. The summed E-state index contributed by atoms with van der Waals surface area (Å²) in [5, 5.41) is 4.76. The van der Waals surface area contributed by atoms with Gasteiger partial charge < -0.3 is 9.73 Å². The molecule has 1 aromatic heterocycles. The molecule has 0 spiro atoms. The van der Waals surface area contributed by atoms with Crippen molar-refractivity contribution in [3.05, 3.63) is 56.9 Å². The van der Waals surface area contributed by atoms with Crippen LogP contribution in [0.4, 0.5) is 0 Å². The smallest absolute Gasteiger partial charge is 0.105 e. The fourth-order valence-corrected chi connectivity index (χ4v) is 2.56. The molecule has 1 heterocycles. The van der Waals surface area contributed by atoms with Gasteiger partial charge in [-0.3, -0.25) is 0 Å². The zero-order chi connectivity index (χ0) is 13.8. The minimum absolute atomic E-state index is 0.0947. The van der Waals surface area contributed by atoms with Crippen molar-refractivity contribution in [1.82, 2.24) is 5.32 Å². The van der Waals surface area contributed by atoms with E-state index in [2.05, 4.69) is 5.32 Å². The van der Waals surface area contributed by atoms with E-state index in [0.717, 1.165) is 24.3 Å². The number of hydrogen-bond acceptors (Lipinski definition) is 2. The largest absolute Gasteiger partial charge is 0.469 e. The lowest BCUT2D eigenvalue weighted by molar-refractivity contribution is 0.486. The van der Waals surface area contributed by atoms with Gasteiger partial charge in [0.1, 0.15) is 5.76 Å². The van der Waals surface area contributed by atoms with Gasteiger partial charge >= 0.3 is 0 Å². The highest BCUT2D eigenvalue weighted by molar-refractivity contribution is 6.48. The summed E-state index contributed by atoms with van der Waals surface area (Å²) in [6, 6.07) is 7.58. The molecule has 1 unspecified atom stereocenters. The molecule has 1 N–H and O–H groups in total. The second-order valence-electron chi connectivity index (χ2n) is 4.27. The Balaban J connectivity index is 1.96. The fourth-order valence-electron chi connectivity index (χ4n) is 1.85. The molecule has 0 saturated carbocycles. The minimum atomic E-state index is 0.0947. The molecule has 0 fully saturated rings. The monoisotopic (exact) mass is 317 g/mol. The first-order chi connectivity index (χ1) is 9.09. The first-order valence-electron chi connectivity index (χ1n) is 5.98. The lowest BCUT2D eigenvalue weighted by Gasteiger charge is -2.16. The molecular weight excluding hydrogens is 305 g/mol. The molecule has 0 aliphatic carbocycles. The van der Waals surface area contributed by atoms with Gasteiger partial charge in [0.25, 0.3) is 0 Å². The van der Waals surface area contributed by atoms with Crippen molar-refractivity contribution in [2.75, 3.05) is 6.54 Å².